The topological polar surface area (TPSA) is 109 Å². The van der Waals surface area contributed by atoms with E-state index in [1.165, 1.54) is 22.2 Å². The number of halogens is 2. The first-order valence-corrected chi connectivity index (χ1v) is 8.73. The highest BCUT2D eigenvalue weighted by Gasteiger charge is 2.29. The maximum absolute atomic E-state index is 12.7. The van der Waals surface area contributed by atoms with Gasteiger partial charge in [-0.3, -0.25) is 14.4 Å². The minimum absolute atomic E-state index is 0.141. The molecule has 0 saturated carbocycles. The summed E-state index contributed by atoms with van der Waals surface area (Å²) < 4.78 is 0. The summed E-state index contributed by atoms with van der Waals surface area (Å²) in [6, 6.07) is 6.55. The zero-order valence-corrected chi connectivity index (χ0v) is 15.6. The summed E-state index contributed by atoms with van der Waals surface area (Å²) >= 11 is 11.9. The van der Waals surface area contributed by atoms with Gasteiger partial charge in [-0.25, -0.2) is 9.97 Å². The minimum atomic E-state index is -0.592. The molecule has 0 bridgehead atoms. The van der Waals surface area contributed by atoms with E-state index in [4.69, 9.17) is 28.9 Å². The Morgan fingerprint density at radius 2 is 1.89 bits per heavy atom. The van der Waals surface area contributed by atoms with Crippen LogP contribution in [0.1, 0.15) is 10.5 Å². The van der Waals surface area contributed by atoms with Gasteiger partial charge in [-0.1, -0.05) is 29.3 Å². The van der Waals surface area contributed by atoms with Gasteiger partial charge in [0.25, 0.3) is 5.91 Å². The van der Waals surface area contributed by atoms with Gasteiger partial charge in [0.2, 0.25) is 11.8 Å². The maximum atomic E-state index is 12.7. The molecule has 1 aromatic carbocycles. The number of aromatic nitrogens is 2. The van der Waals surface area contributed by atoms with Gasteiger partial charge in [-0.05, 0) is 18.2 Å². The zero-order valence-electron chi connectivity index (χ0n) is 14.1. The molecule has 0 spiro atoms. The fourth-order valence-electron chi connectivity index (χ4n) is 2.69. The van der Waals surface area contributed by atoms with Crippen LogP contribution in [-0.2, 0) is 9.59 Å². The van der Waals surface area contributed by atoms with Crippen molar-refractivity contribution in [3.05, 3.63) is 46.3 Å². The number of amides is 3. The average molecular weight is 408 g/mol. The molecule has 0 unspecified atom stereocenters. The van der Waals surface area contributed by atoms with Crippen LogP contribution in [0.4, 0.5) is 0 Å². The highest BCUT2D eigenvalue weighted by Crippen LogP contribution is 2.27. The molecule has 2 N–H and O–H groups in total. The molecule has 8 nitrogen and oxygen atoms in total. The van der Waals surface area contributed by atoms with Gasteiger partial charge in [0.1, 0.15) is 18.6 Å². The molecule has 0 atom stereocenters. The molecule has 2 heterocycles. The number of carbonyl (C=O) groups excluding carboxylic acids is 3. The summed E-state index contributed by atoms with van der Waals surface area (Å²) in [6.45, 7) is 0.219. The van der Waals surface area contributed by atoms with E-state index in [1.807, 2.05) is 0 Å². The molecule has 1 aromatic heterocycles. The molecular formula is C17H15Cl2N5O3. The molecule has 1 aliphatic heterocycles. The summed E-state index contributed by atoms with van der Waals surface area (Å²) in [4.78, 5) is 46.7. The quantitative estimate of drug-likeness (QED) is 0.818. The normalized spacial score (nSPS) is 14.4. The lowest BCUT2D eigenvalue weighted by molar-refractivity contribution is -0.138. The molecular weight excluding hydrogens is 393 g/mol. The van der Waals surface area contributed by atoms with Crippen LogP contribution in [0.3, 0.4) is 0 Å². The van der Waals surface area contributed by atoms with Crippen molar-refractivity contribution in [3.8, 4) is 11.3 Å². The Balaban J connectivity index is 1.77. The van der Waals surface area contributed by atoms with E-state index >= 15 is 0 Å². The maximum Gasteiger partial charge on any atom is 0.273 e. The molecule has 10 heteroatoms. The van der Waals surface area contributed by atoms with Crippen molar-refractivity contribution in [2.24, 2.45) is 5.73 Å². The van der Waals surface area contributed by atoms with Gasteiger partial charge in [0.15, 0.2) is 0 Å². The second kappa shape index (κ2) is 7.89. The Bertz CT molecular complexity index is 921. The number of carbonyl (C=O) groups is 3. The van der Waals surface area contributed by atoms with Gasteiger partial charge in [0.05, 0.1) is 22.3 Å². The number of hydrogen-bond donors (Lipinski definition) is 1. The molecule has 140 valence electrons. The van der Waals surface area contributed by atoms with Crippen LogP contribution < -0.4 is 5.73 Å². The smallest absolute Gasteiger partial charge is 0.273 e. The van der Waals surface area contributed by atoms with Gasteiger partial charge in [-0.15, -0.1) is 0 Å². The highest BCUT2D eigenvalue weighted by atomic mass is 35.5. The van der Waals surface area contributed by atoms with Gasteiger partial charge >= 0.3 is 0 Å². The molecule has 0 radical (unpaired) electrons. The molecule has 27 heavy (non-hydrogen) atoms. The molecule has 1 aliphatic rings. The molecule has 2 aromatic rings. The third-order valence-electron chi connectivity index (χ3n) is 4.05. The summed E-state index contributed by atoms with van der Waals surface area (Å²) in [5.41, 5.74) is 6.46. The lowest BCUT2D eigenvalue weighted by atomic mass is 10.1. The van der Waals surface area contributed by atoms with E-state index < -0.39 is 11.8 Å². The fraction of sp³-hybridized carbons (Fsp3) is 0.235. The van der Waals surface area contributed by atoms with Crippen molar-refractivity contribution in [2.75, 3.05) is 26.2 Å². The van der Waals surface area contributed by atoms with Crippen LogP contribution in [0.25, 0.3) is 11.3 Å². The molecule has 1 saturated heterocycles. The summed E-state index contributed by atoms with van der Waals surface area (Å²) in [5, 5.41) is 0.787. The number of piperazine rings is 1. The summed E-state index contributed by atoms with van der Waals surface area (Å²) in [6.07, 6.45) is 1.27. The van der Waals surface area contributed by atoms with Crippen LogP contribution >= 0.6 is 23.2 Å². The number of rotatable bonds is 4. The SMILES string of the molecule is NC(=O)CN1CCN(C(=O)c2cc(-c3ccc(Cl)c(Cl)c3)ncn2)CC1=O. The predicted molar refractivity (Wildman–Crippen MR) is 99.2 cm³/mol. The van der Waals surface area contributed by atoms with E-state index in [-0.39, 0.29) is 37.8 Å². The van der Waals surface area contributed by atoms with Crippen molar-refractivity contribution in [2.45, 2.75) is 0 Å². The standard InChI is InChI=1S/C17H15Cl2N5O3/c18-11-2-1-10(5-12(11)19)13-6-14(22-9-21-13)17(27)24-4-3-23(7-15(20)25)16(26)8-24/h1-2,5-6,9H,3-4,7-8H2,(H2,20,25). The first kappa shape index (κ1) is 19.1. The van der Waals surface area contributed by atoms with Crippen molar-refractivity contribution < 1.29 is 14.4 Å². The number of primary amides is 1. The van der Waals surface area contributed by atoms with Crippen molar-refractivity contribution in [3.63, 3.8) is 0 Å². The first-order valence-electron chi connectivity index (χ1n) is 7.98. The second-order valence-electron chi connectivity index (χ2n) is 5.93. The van der Waals surface area contributed by atoms with E-state index in [1.54, 1.807) is 18.2 Å². The monoisotopic (exact) mass is 407 g/mol. The van der Waals surface area contributed by atoms with Crippen molar-refractivity contribution in [1.82, 2.24) is 19.8 Å². The predicted octanol–water partition coefficient (Wildman–Crippen LogP) is 1.22. The Morgan fingerprint density at radius 1 is 1.11 bits per heavy atom. The lowest BCUT2D eigenvalue weighted by Gasteiger charge is -2.33. The summed E-state index contributed by atoms with van der Waals surface area (Å²) in [7, 11) is 0. The van der Waals surface area contributed by atoms with Gasteiger partial charge in [0, 0.05) is 18.7 Å². The van der Waals surface area contributed by atoms with Gasteiger partial charge < -0.3 is 15.5 Å². The third-order valence-corrected chi connectivity index (χ3v) is 4.79. The Labute approximate surface area is 164 Å². The van der Waals surface area contributed by atoms with E-state index in [0.717, 1.165) is 0 Å². The molecule has 3 amide bonds. The average Bonchev–Trinajstić information content (AvgIpc) is 2.65. The third kappa shape index (κ3) is 4.35. The van der Waals surface area contributed by atoms with Crippen LogP contribution in [-0.4, -0.2) is 63.7 Å². The molecule has 3 rings (SSSR count). The van der Waals surface area contributed by atoms with E-state index in [0.29, 0.717) is 21.3 Å². The van der Waals surface area contributed by atoms with E-state index in [9.17, 15) is 14.4 Å². The second-order valence-corrected chi connectivity index (χ2v) is 6.74. The number of hydrogen-bond acceptors (Lipinski definition) is 5. The number of nitrogens with zero attached hydrogens (tertiary/aromatic N) is 4. The van der Waals surface area contributed by atoms with Crippen LogP contribution in [0.15, 0.2) is 30.6 Å². The first-order chi connectivity index (χ1) is 12.8. The van der Waals surface area contributed by atoms with Crippen molar-refractivity contribution in [1.29, 1.82) is 0 Å². The number of nitrogens with two attached hydrogens (primary N) is 1. The van der Waals surface area contributed by atoms with E-state index in [2.05, 4.69) is 9.97 Å². The Kier molecular flexibility index (Phi) is 5.57. The van der Waals surface area contributed by atoms with Crippen LogP contribution in [0.2, 0.25) is 10.0 Å². The fourth-order valence-corrected chi connectivity index (χ4v) is 2.98. The van der Waals surface area contributed by atoms with Crippen LogP contribution in [0.5, 0.6) is 0 Å². The Morgan fingerprint density at radius 3 is 2.56 bits per heavy atom. The zero-order chi connectivity index (χ0) is 19.6. The van der Waals surface area contributed by atoms with Gasteiger partial charge in [-0.2, -0.15) is 0 Å². The largest absolute Gasteiger partial charge is 0.368 e. The van der Waals surface area contributed by atoms with Crippen molar-refractivity contribution >= 4 is 40.9 Å². The lowest BCUT2D eigenvalue weighted by Crippen LogP contribution is -2.54. The highest BCUT2D eigenvalue weighted by molar-refractivity contribution is 6.42. The minimum Gasteiger partial charge on any atom is -0.368 e. The molecule has 0 aliphatic carbocycles. The molecule has 1 fully saturated rings. The van der Waals surface area contributed by atoms with Crippen LogP contribution in [0, 0.1) is 0 Å². The number of benzene rings is 1. The Hall–Kier alpha value is -2.71. The summed E-state index contributed by atoms with van der Waals surface area (Å²) in [5.74, 6) is -1.33.